The first-order chi connectivity index (χ1) is 6.60. The van der Waals surface area contributed by atoms with Crippen molar-refractivity contribution in [3.05, 3.63) is 0 Å². The first-order valence-electron chi connectivity index (χ1n) is 4.51. The van der Waals surface area contributed by atoms with Gasteiger partial charge < -0.3 is 21.2 Å². The predicted molar refractivity (Wildman–Crippen MR) is 54.2 cm³/mol. The van der Waals surface area contributed by atoms with Crippen LogP contribution in [0.3, 0.4) is 0 Å². The third-order valence-corrected chi connectivity index (χ3v) is 1.83. The fourth-order valence-corrected chi connectivity index (χ4v) is 0.807. The lowest BCUT2D eigenvalue weighted by atomic mass is 10.3. The van der Waals surface area contributed by atoms with E-state index in [9.17, 15) is 4.79 Å². The molecule has 0 aromatic rings. The maximum absolute atomic E-state index is 11.1. The molecule has 6 nitrogen and oxygen atoms in total. The molecule has 14 heavy (non-hydrogen) atoms. The summed E-state index contributed by atoms with van der Waals surface area (Å²) in [6, 6.07) is 0. The minimum atomic E-state index is -0.232. The third kappa shape index (κ3) is 6.24. The Balaban J connectivity index is 3.55. The van der Waals surface area contributed by atoms with E-state index in [0.29, 0.717) is 6.54 Å². The van der Waals surface area contributed by atoms with Gasteiger partial charge in [0, 0.05) is 13.1 Å². The molecular formula is C8H18N4O2. The first-order valence-corrected chi connectivity index (χ1v) is 4.51. The third-order valence-electron chi connectivity index (χ3n) is 1.83. The van der Waals surface area contributed by atoms with Crippen LogP contribution in [0.2, 0.25) is 0 Å². The molecule has 0 aliphatic heterocycles. The van der Waals surface area contributed by atoms with Gasteiger partial charge in [-0.05, 0) is 13.6 Å². The van der Waals surface area contributed by atoms with E-state index in [1.165, 1.54) is 0 Å². The second-order valence-electron chi connectivity index (χ2n) is 3.01. The minimum Gasteiger partial charge on any atom is -0.409 e. The summed E-state index contributed by atoms with van der Waals surface area (Å²) in [5, 5.41) is 13.6. The molecule has 1 amide bonds. The standard InChI is InChI=1S/C8H18N4O2/c1-3-12(2)5-4-10-8(13)6-7(9)11-14/h14H,3-6H2,1-2H3,(H2,9,11)(H,10,13). The van der Waals surface area contributed by atoms with Crippen molar-refractivity contribution in [1.29, 1.82) is 0 Å². The molecule has 0 saturated carbocycles. The lowest BCUT2D eigenvalue weighted by molar-refractivity contribution is -0.119. The van der Waals surface area contributed by atoms with Crippen molar-refractivity contribution in [2.75, 3.05) is 26.7 Å². The average molecular weight is 202 g/mol. The van der Waals surface area contributed by atoms with Gasteiger partial charge in [-0.25, -0.2) is 0 Å². The molecule has 0 unspecified atom stereocenters. The van der Waals surface area contributed by atoms with E-state index in [1.807, 2.05) is 14.0 Å². The fraction of sp³-hybridized carbons (Fsp3) is 0.750. The Morgan fingerprint density at radius 2 is 2.29 bits per heavy atom. The van der Waals surface area contributed by atoms with Crippen molar-refractivity contribution < 1.29 is 10.0 Å². The molecule has 0 aromatic carbocycles. The topological polar surface area (TPSA) is 91.0 Å². The number of rotatable bonds is 6. The second-order valence-corrected chi connectivity index (χ2v) is 3.01. The molecule has 4 N–H and O–H groups in total. The van der Waals surface area contributed by atoms with Gasteiger partial charge in [0.15, 0.2) is 0 Å². The summed E-state index contributed by atoms with van der Waals surface area (Å²) in [5.41, 5.74) is 5.16. The van der Waals surface area contributed by atoms with Gasteiger partial charge in [-0.1, -0.05) is 12.1 Å². The maximum atomic E-state index is 11.1. The van der Waals surface area contributed by atoms with Crippen molar-refractivity contribution in [3.63, 3.8) is 0 Å². The van der Waals surface area contributed by atoms with E-state index >= 15 is 0 Å². The van der Waals surface area contributed by atoms with Crippen LogP contribution in [0, 0.1) is 0 Å². The van der Waals surface area contributed by atoms with E-state index in [4.69, 9.17) is 10.9 Å². The predicted octanol–water partition coefficient (Wildman–Crippen LogP) is -0.809. The van der Waals surface area contributed by atoms with Crippen LogP contribution in [-0.4, -0.2) is 48.5 Å². The van der Waals surface area contributed by atoms with E-state index in [1.54, 1.807) is 0 Å². The lowest BCUT2D eigenvalue weighted by Gasteiger charge is -2.13. The largest absolute Gasteiger partial charge is 0.409 e. The van der Waals surface area contributed by atoms with Crippen molar-refractivity contribution in [3.8, 4) is 0 Å². The Hall–Kier alpha value is -1.30. The number of carbonyl (C=O) groups is 1. The van der Waals surface area contributed by atoms with E-state index < -0.39 is 0 Å². The van der Waals surface area contributed by atoms with E-state index in [-0.39, 0.29) is 18.2 Å². The Labute approximate surface area is 83.7 Å². The summed E-state index contributed by atoms with van der Waals surface area (Å²) >= 11 is 0. The molecule has 0 spiro atoms. The highest BCUT2D eigenvalue weighted by Gasteiger charge is 2.04. The second kappa shape index (κ2) is 7.14. The van der Waals surface area contributed by atoms with Crippen LogP contribution in [0.4, 0.5) is 0 Å². The highest BCUT2D eigenvalue weighted by Crippen LogP contribution is 1.81. The molecule has 0 aromatic heterocycles. The highest BCUT2D eigenvalue weighted by molar-refractivity contribution is 5.98. The molecule has 0 atom stereocenters. The summed E-state index contributed by atoms with van der Waals surface area (Å²) in [6.07, 6.45) is -0.0632. The Morgan fingerprint density at radius 1 is 1.64 bits per heavy atom. The Kier molecular flexibility index (Phi) is 6.47. The summed E-state index contributed by atoms with van der Waals surface area (Å²) in [4.78, 5) is 13.2. The smallest absolute Gasteiger partial charge is 0.227 e. The summed E-state index contributed by atoms with van der Waals surface area (Å²) < 4.78 is 0. The van der Waals surface area contributed by atoms with Crippen LogP contribution in [0.15, 0.2) is 5.16 Å². The van der Waals surface area contributed by atoms with Crippen LogP contribution >= 0.6 is 0 Å². The number of nitrogens with two attached hydrogens (primary N) is 1. The maximum Gasteiger partial charge on any atom is 0.227 e. The van der Waals surface area contributed by atoms with Crippen molar-refractivity contribution in [1.82, 2.24) is 10.2 Å². The normalized spacial score (nSPS) is 11.8. The summed E-state index contributed by atoms with van der Waals surface area (Å²) in [6.45, 7) is 4.34. The molecular weight excluding hydrogens is 184 g/mol. The SMILES string of the molecule is CCN(C)CCNC(=O)CC(N)=NO. The minimum absolute atomic E-state index is 0.0632. The molecule has 0 bridgehead atoms. The average Bonchev–Trinajstić information content (AvgIpc) is 2.17. The number of nitrogens with zero attached hydrogens (tertiary/aromatic N) is 2. The number of amides is 1. The first kappa shape index (κ1) is 12.7. The zero-order chi connectivity index (χ0) is 11.0. The number of nitrogens with one attached hydrogen (secondary N) is 1. The van der Waals surface area contributed by atoms with Crippen LogP contribution in [0.5, 0.6) is 0 Å². The molecule has 0 rings (SSSR count). The molecule has 0 saturated heterocycles. The summed E-state index contributed by atoms with van der Waals surface area (Å²) in [7, 11) is 1.97. The molecule has 0 aliphatic rings. The van der Waals surface area contributed by atoms with Gasteiger partial charge in [0.05, 0.1) is 6.42 Å². The van der Waals surface area contributed by atoms with Gasteiger partial charge in [0.2, 0.25) is 5.91 Å². The number of carbonyl (C=O) groups excluding carboxylic acids is 1. The zero-order valence-corrected chi connectivity index (χ0v) is 8.66. The fourth-order valence-electron chi connectivity index (χ4n) is 0.807. The van der Waals surface area contributed by atoms with Gasteiger partial charge >= 0.3 is 0 Å². The molecule has 82 valence electrons. The van der Waals surface area contributed by atoms with Crippen LogP contribution < -0.4 is 11.1 Å². The number of oxime groups is 1. The monoisotopic (exact) mass is 202 g/mol. The van der Waals surface area contributed by atoms with Crippen molar-refractivity contribution in [2.24, 2.45) is 10.9 Å². The number of hydrogen-bond donors (Lipinski definition) is 3. The molecule has 0 fully saturated rings. The van der Waals surface area contributed by atoms with Gasteiger partial charge in [0.1, 0.15) is 5.84 Å². The Morgan fingerprint density at radius 3 is 2.79 bits per heavy atom. The van der Waals surface area contributed by atoms with Gasteiger partial charge in [-0.15, -0.1) is 0 Å². The lowest BCUT2D eigenvalue weighted by Crippen LogP contribution is -2.34. The van der Waals surface area contributed by atoms with Gasteiger partial charge in [-0.3, -0.25) is 4.79 Å². The molecule has 0 heterocycles. The van der Waals surface area contributed by atoms with E-state index in [0.717, 1.165) is 13.1 Å². The Bertz CT molecular complexity index is 206. The van der Waals surface area contributed by atoms with Gasteiger partial charge in [-0.2, -0.15) is 0 Å². The molecule has 0 radical (unpaired) electrons. The summed E-state index contributed by atoms with van der Waals surface area (Å²) in [5.74, 6) is -0.309. The van der Waals surface area contributed by atoms with Crippen LogP contribution in [0.25, 0.3) is 0 Å². The quantitative estimate of drug-likeness (QED) is 0.227. The highest BCUT2D eigenvalue weighted by atomic mass is 16.4. The number of amidine groups is 1. The van der Waals surface area contributed by atoms with Crippen LogP contribution in [0.1, 0.15) is 13.3 Å². The molecule has 6 heteroatoms. The van der Waals surface area contributed by atoms with E-state index in [2.05, 4.69) is 15.4 Å². The molecule has 0 aliphatic carbocycles. The van der Waals surface area contributed by atoms with Crippen molar-refractivity contribution >= 4 is 11.7 Å². The van der Waals surface area contributed by atoms with Gasteiger partial charge in [0.25, 0.3) is 0 Å². The van der Waals surface area contributed by atoms with Crippen molar-refractivity contribution in [2.45, 2.75) is 13.3 Å². The zero-order valence-electron chi connectivity index (χ0n) is 8.66. The number of hydrogen-bond acceptors (Lipinski definition) is 4. The number of likely N-dealkylation sites (N-methyl/N-ethyl adjacent to an activating group) is 1. The van der Waals surface area contributed by atoms with Crippen LogP contribution in [-0.2, 0) is 4.79 Å².